The van der Waals surface area contributed by atoms with Gasteiger partial charge in [0, 0.05) is 5.75 Å². The highest BCUT2D eigenvalue weighted by atomic mass is 32.2. The zero-order valence-corrected chi connectivity index (χ0v) is 7.84. The monoisotopic (exact) mass is 191 g/mol. The molecule has 0 saturated carbocycles. The molecule has 12 heavy (non-hydrogen) atoms. The van der Waals surface area contributed by atoms with E-state index in [9.17, 15) is 8.42 Å². The molecule has 1 unspecified atom stereocenters. The summed E-state index contributed by atoms with van der Waals surface area (Å²) in [5, 5.41) is 17.0. The Kier molecular flexibility index (Phi) is 4.86. The van der Waals surface area contributed by atoms with Crippen LogP contribution in [0.15, 0.2) is 0 Å². The molecule has 0 amide bonds. The molecule has 1 N–H and O–H groups in total. The molecule has 0 aromatic carbocycles. The van der Waals surface area contributed by atoms with Gasteiger partial charge in [0.25, 0.3) is 0 Å². The summed E-state index contributed by atoms with van der Waals surface area (Å²) in [6.45, 7) is 1.30. The van der Waals surface area contributed by atoms with Crippen LogP contribution in [0.25, 0.3) is 0 Å². The molecule has 0 saturated heterocycles. The number of rotatable bonds is 5. The van der Waals surface area contributed by atoms with Crippen LogP contribution >= 0.6 is 0 Å². The third-order valence-corrected chi connectivity index (χ3v) is 3.36. The van der Waals surface area contributed by atoms with Gasteiger partial charge in [0.1, 0.15) is 9.84 Å². The predicted molar refractivity (Wildman–Crippen MR) is 45.1 cm³/mol. The molecule has 5 heteroatoms. The van der Waals surface area contributed by atoms with Gasteiger partial charge in [-0.05, 0) is 6.42 Å². The molecule has 70 valence electrons. The number of aliphatic hydroxyl groups excluding tert-OH is 1. The second-order valence-electron chi connectivity index (χ2n) is 2.53. The lowest BCUT2D eigenvalue weighted by molar-refractivity contribution is 0.253. The Morgan fingerprint density at radius 2 is 2.17 bits per heavy atom. The number of hydrogen-bond acceptors (Lipinski definition) is 4. The minimum Gasteiger partial charge on any atom is -0.395 e. The van der Waals surface area contributed by atoms with Crippen LogP contribution in [0.5, 0.6) is 0 Å². The molecule has 0 bridgehead atoms. The Balaban J connectivity index is 3.92. The summed E-state index contributed by atoms with van der Waals surface area (Å²) in [6, 6.07) is 1.83. The fraction of sp³-hybridized carbons (Fsp3) is 0.857. The fourth-order valence-electron chi connectivity index (χ4n) is 0.663. The first kappa shape index (κ1) is 11.4. The van der Waals surface area contributed by atoms with Crippen molar-refractivity contribution in [1.29, 1.82) is 5.26 Å². The van der Waals surface area contributed by atoms with E-state index < -0.39 is 15.8 Å². The van der Waals surface area contributed by atoms with Gasteiger partial charge >= 0.3 is 0 Å². The maximum Gasteiger partial charge on any atom is 0.150 e. The molecule has 0 aliphatic heterocycles. The first-order valence-electron chi connectivity index (χ1n) is 3.76. The minimum atomic E-state index is -3.00. The average molecular weight is 191 g/mol. The molecule has 0 aromatic rings. The Labute approximate surface area is 72.7 Å². The first-order chi connectivity index (χ1) is 5.55. The van der Waals surface area contributed by atoms with Gasteiger partial charge in [-0.2, -0.15) is 5.26 Å². The third-order valence-electron chi connectivity index (χ3n) is 1.62. The van der Waals surface area contributed by atoms with Crippen molar-refractivity contribution in [3.05, 3.63) is 0 Å². The molecule has 0 rings (SSSR count). The van der Waals surface area contributed by atoms with E-state index in [4.69, 9.17) is 10.4 Å². The van der Waals surface area contributed by atoms with Gasteiger partial charge in [0.15, 0.2) is 0 Å². The van der Waals surface area contributed by atoms with E-state index in [-0.39, 0.29) is 24.5 Å². The van der Waals surface area contributed by atoms with E-state index in [1.807, 2.05) is 6.07 Å². The molecule has 0 spiro atoms. The van der Waals surface area contributed by atoms with Crippen LogP contribution in [0.1, 0.15) is 13.3 Å². The minimum absolute atomic E-state index is 0.0116. The SMILES string of the molecule is CCS(=O)(=O)CCC(C#N)CO. The Morgan fingerprint density at radius 3 is 2.50 bits per heavy atom. The van der Waals surface area contributed by atoms with Crippen LogP contribution < -0.4 is 0 Å². The molecule has 0 aliphatic rings. The van der Waals surface area contributed by atoms with Crippen molar-refractivity contribution in [2.45, 2.75) is 13.3 Å². The normalized spacial score (nSPS) is 13.8. The number of hydrogen-bond donors (Lipinski definition) is 1. The van der Waals surface area contributed by atoms with Crippen molar-refractivity contribution in [1.82, 2.24) is 0 Å². The fourth-order valence-corrected chi connectivity index (χ4v) is 1.60. The van der Waals surface area contributed by atoms with Gasteiger partial charge in [-0.3, -0.25) is 0 Å². The second-order valence-corrected chi connectivity index (χ2v) is 5.01. The number of sulfone groups is 1. The van der Waals surface area contributed by atoms with Crippen LogP contribution in [0.3, 0.4) is 0 Å². The molecular formula is C7H13NO3S. The molecule has 0 aliphatic carbocycles. The Hall–Kier alpha value is -0.600. The molecule has 0 radical (unpaired) electrons. The molecule has 1 atom stereocenters. The number of nitrogens with zero attached hydrogens (tertiary/aromatic N) is 1. The lowest BCUT2D eigenvalue weighted by atomic mass is 10.1. The van der Waals surface area contributed by atoms with Crippen molar-refractivity contribution in [3.63, 3.8) is 0 Å². The summed E-state index contributed by atoms with van der Waals surface area (Å²) in [6.07, 6.45) is 0.225. The van der Waals surface area contributed by atoms with Gasteiger partial charge in [0.05, 0.1) is 24.3 Å². The average Bonchev–Trinajstić information content (AvgIpc) is 2.06. The summed E-state index contributed by atoms with van der Waals surface area (Å²) in [7, 11) is -3.00. The van der Waals surface area contributed by atoms with Gasteiger partial charge in [-0.25, -0.2) is 8.42 Å². The van der Waals surface area contributed by atoms with Crippen LogP contribution in [0.2, 0.25) is 0 Å². The van der Waals surface area contributed by atoms with Gasteiger partial charge < -0.3 is 5.11 Å². The molecule has 0 heterocycles. The Bertz CT molecular complexity index is 252. The van der Waals surface area contributed by atoms with Crippen molar-refractivity contribution in [3.8, 4) is 6.07 Å². The standard InChI is InChI=1S/C7H13NO3S/c1-2-12(10,11)4-3-7(5-8)6-9/h7,9H,2-4,6H2,1H3. The number of aliphatic hydroxyl groups is 1. The zero-order valence-electron chi connectivity index (χ0n) is 7.02. The lowest BCUT2D eigenvalue weighted by Gasteiger charge is -2.03. The van der Waals surface area contributed by atoms with E-state index in [0.29, 0.717) is 0 Å². The maximum atomic E-state index is 10.9. The topological polar surface area (TPSA) is 78.2 Å². The van der Waals surface area contributed by atoms with Gasteiger partial charge in [0.2, 0.25) is 0 Å². The zero-order chi connectivity index (χ0) is 9.61. The highest BCUT2D eigenvalue weighted by Crippen LogP contribution is 2.03. The lowest BCUT2D eigenvalue weighted by Crippen LogP contribution is -2.14. The van der Waals surface area contributed by atoms with Crippen molar-refractivity contribution >= 4 is 9.84 Å². The van der Waals surface area contributed by atoms with E-state index in [2.05, 4.69) is 0 Å². The Morgan fingerprint density at radius 1 is 1.58 bits per heavy atom. The van der Waals surface area contributed by atoms with Gasteiger partial charge in [-0.1, -0.05) is 6.92 Å². The first-order valence-corrected chi connectivity index (χ1v) is 5.58. The predicted octanol–water partition coefficient (Wildman–Crippen LogP) is -0.0567. The summed E-state index contributed by atoms with van der Waals surface area (Å²) in [4.78, 5) is 0. The van der Waals surface area contributed by atoms with Crippen molar-refractivity contribution in [2.75, 3.05) is 18.1 Å². The summed E-state index contributed by atoms with van der Waals surface area (Å²) < 4.78 is 21.9. The van der Waals surface area contributed by atoms with Crippen LogP contribution in [0.4, 0.5) is 0 Å². The smallest absolute Gasteiger partial charge is 0.150 e. The second kappa shape index (κ2) is 5.12. The highest BCUT2D eigenvalue weighted by Gasteiger charge is 2.12. The van der Waals surface area contributed by atoms with Crippen molar-refractivity contribution < 1.29 is 13.5 Å². The molecule has 4 nitrogen and oxygen atoms in total. The van der Waals surface area contributed by atoms with E-state index in [0.717, 1.165) is 0 Å². The van der Waals surface area contributed by atoms with Crippen LogP contribution in [0, 0.1) is 17.2 Å². The van der Waals surface area contributed by atoms with E-state index >= 15 is 0 Å². The van der Waals surface area contributed by atoms with Crippen molar-refractivity contribution in [2.24, 2.45) is 5.92 Å². The third kappa shape index (κ3) is 4.31. The van der Waals surface area contributed by atoms with Crippen LogP contribution in [-0.4, -0.2) is 31.6 Å². The van der Waals surface area contributed by atoms with Crippen LogP contribution in [-0.2, 0) is 9.84 Å². The van der Waals surface area contributed by atoms with Gasteiger partial charge in [-0.15, -0.1) is 0 Å². The molecule has 0 fully saturated rings. The summed E-state index contributed by atoms with van der Waals surface area (Å²) in [5.41, 5.74) is 0. The number of nitriles is 1. The molecular weight excluding hydrogens is 178 g/mol. The molecule has 0 aromatic heterocycles. The summed E-state index contributed by atoms with van der Waals surface area (Å²) >= 11 is 0. The van der Waals surface area contributed by atoms with E-state index in [1.165, 1.54) is 0 Å². The highest BCUT2D eigenvalue weighted by molar-refractivity contribution is 7.91. The maximum absolute atomic E-state index is 10.9. The quantitative estimate of drug-likeness (QED) is 0.660. The summed E-state index contributed by atoms with van der Waals surface area (Å²) in [5.74, 6) is -0.467. The largest absolute Gasteiger partial charge is 0.395 e. The van der Waals surface area contributed by atoms with E-state index in [1.54, 1.807) is 6.92 Å².